The third-order valence-corrected chi connectivity index (χ3v) is 5.05. The second-order valence-electron chi connectivity index (χ2n) is 4.87. The van der Waals surface area contributed by atoms with Crippen molar-refractivity contribution in [1.29, 1.82) is 0 Å². The van der Waals surface area contributed by atoms with Crippen molar-refractivity contribution in [2.75, 3.05) is 29.5 Å². The Morgan fingerprint density at radius 2 is 1.83 bits per heavy atom. The van der Waals surface area contributed by atoms with Gasteiger partial charge >= 0.3 is 0 Å². The normalized spacial score (nSPS) is 21.3. The molecule has 5 heteroatoms. The van der Waals surface area contributed by atoms with Crippen molar-refractivity contribution in [3.05, 3.63) is 29.8 Å². The van der Waals surface area contributed by atoms with Crippen molar-refractivity contribution in [2.24, 2.45) is 5.73 Å². The zero-order chi connectivity index (χ0) is 13.2. The molecule has 1 aromatic carbocycles. The minimum atomic E-state index is -2.84. The van der Waals surface area contributed by atoms with Gasteiger partial charge in [-0.15, -0.1) is 0 Å². The van der Waals surface area contributed by atoms with Crippen LogP contribution in [0.4, 0.5) is 5.69 Å². The summed E-state index contributed by atoms with van der Waals surface area (Å²) in [7, 11) is -2.84. The Kier molecular flexibility index (Phi) is 3.92. The van der Waals surface area contributed by atoms with Crippen LogP contribution in [0.2, 0.25) is 0 Å². The lowest BCUT2D eigenvalue weighted by atomic mass is 10.1. The predicted octanol–water partition coefficient (Wildman–Crippen LogP) is 1.33. The fourth-order valence-electron chi connectivity index (χ4n) is 2.19. The molecule has 1 saturated heterocycles. The molecule has 0 aromatic heterocycles. The van der Waals surface area contributed by atoms with Crippen molar-refractivity contribution < 1.29 is 8.42 Å². The van der Waals surface area contributed by atoms with Crippen LogP contribution in [0.25, 0.3) is 0 Å². The van der Waals surface area contributed by atoms with E-state index >= 15 is 0 Å². The van der Waals surface area contributed by atoms with Crippen LogP contribution >= 0.6 is 0 Å². The van der Waals surface area contributed by atoms with Crippen molar-refractivity contribution in [3.63, 3.8) is 0 Å². The van der Waals surface area contributed by atoms with Gasteiger partial charge in [0.1, 0.15) is 0 Å². The standard InChI is InChI=1S/C13H20N2O2S/c1-11(14)12-3-5-13(6-4-12)15-7-2-9-18(16,17)10-8-15/h3-6,11H,2,7-10,14H2,1H3/t11-/m0/s1. The first-order valence-corrected chi connectivity index (χ1v) is 8.11. The minimum Gasteiger partial charge on any atom is -0.370 e. The van der Waals surface area contributed by atoms with Crippen LogP contribution < -0.4 is 10.6 Å². The van der Waals surface area contributed by atoms with Crippen molar-refractivity contribution in [3.8, 4) is 0 Å². The van der Waals surface area contributed by atoms with Gasteiger partial charge in [0.25, 0.3) is 0 Å². The van der Waals surface area contributed by atoms with Gasteiger partial charge in [-0.25, -0.2) is 8.42 Å². The van der Waals surface area contributed by atoms with Gasteiger partial charge in [0, 0.05) is 24.8 Å². The van der Waals surface area contributed by atoms with Gasteiger partial charge in [-0.1, -0.05) is 12.1 Å². The number of hydrogen-bond acceptors (Lipinski definition) is 4. The fraction of sp³-hybridized carbons (Fsp3) is 0.538. The van der Waals surface area contributed by atoms with Crippen LogP contribution in [0, 0.1) is 0 Å². The van der Waals surface area contributed by atoms with Crippen LogP contribution in [-0.2, 0) is 9.84 Å². The number of hydrogen-bond donors (Lipinski definition) is 1. The monoisotopic (exact) mass is 268 g/mol. The second-order valence-corrected chi connectivity index (χ2v) is 7.18. The van der Waals surface area contributed by atoms with Crippen molar-refractivity contribution >= 4 is 15.5 Å². The SMILES string of the molecule is C[C@H](N)c1ccc(N2CCCS(=O)(=O)CC2)cc1. The molecule has 1 aromatic rings. The summed E-state index contributed by atoms with van der Waals surface area (Å²) in [6, 6.07) is 8.11. The molecule has 0 spiro atoms. The maximum absolute atomic E-state index is 11.5. The van der Waals surface area contributed by atoms with E-state index in [-0.39, 0.29) is 11.8 Å². The molecular weight excluding hydrogens is 248 g/mol. The lowest BCUT2D eigenvalue weighted by molar-refractivity contribution is 0.597. The van der Waals surface area contributed by atoms with Crippen LogP contribution in [0.15, 0.2) is 24.3 Å². The summed E-state index contributed by atoms with van der Waals surface area (Å²) in [6.07, 6.45) is 0.706. The first kappa shape index (κ1) is 13.4. The molecule has 2 N–H and O–H groups in total. The molecule has 0 saturated carbocycles. The van der Waals surface area contributed by atoms with Crippen molar-refractivity contribution in [2.45, 2.75) is 19.4 Å². The first-order valence-electron chi connectivity index (χ1n) is 6.29. The molecule has 2 rings (SSSR count). The molecule has 1 aliphatic heterocycles. The van der Waals surface area contributed by atoms with E-state index in [1.54, 1.807) is 0 Å². The van der Waals surface area contributed by atoms with E-state index in [1.807, 2.05) is 31.2 Å². The molecule has 1 heterocycles. The van der Waals surface area contributed by atoms with E-state index in [2.05, 4.69) is 4.90 Å². The zero-order valence-corrected chi connectivity index (χ0v) is 11.5. The fourth-order valence-corrected chi connectivity index (χ4v) is 3.46. The van der Waals surface area contributed by atoms with Crippen LogP contribution in [0.5, 0.6) is 0 Å². The Labute approximate surface area is 109 Å². The first-order chi connectivity index (χ1) is 8.48. The van der Waals surface area contributed by atoms with Crippen molar-refractivity contribution in [1.82, 2.24) is 0 Å². The highest BCUT2D eigenvalue weighted by atomic mass is 32.2. The molecule has 0 unspecified atom stereocenters. The van der Waals surface area contributed by atoms with E-state index < -0.39 is 9.84 Å². The Morgan fingerprint density at radius 1 is 1.17 bits per heavy atom. The van der Waals surface area contributed by atoms with E-state index in [0.29, 0.717) is 18.7 Å². The number of sulfone groups is 1. The highest BCUT2D eigenvalue weighted by molar-refractivity contribution is 7.91. The minimum absolute atomic E-state index is 0.0311. The van der Waals surface area contributed by atoms with Gasteiger partial charge in [0.05, 0.1) is 11.5 Å². The van der Waals surface area contributed by atoms with Gasteiger partial charge in [-0.05, 0) is 31.0 Å². The van der Waals surface area contributed by atoms with Crippen LogP contribution in [-0.4, -0.2) is 33.0 Å². The summed E-state index contributed by atoms with van der Waals surface area (Å²) in [5.74, 6) is 0.559. The Morgan fingerprint density at radius 3 is 2.44 bits per heavy atom. The largest absolute Gasteiger partial charge is 0.370 e. The van der Waals surface area contributed by atoms with Crippen LogP contribution in [0.1, 0.15) is 24.9 Å². The Hall–Kier alpha value is -1.07. The van der Waals surface area contributed by atoms with E-state index in [4.69, 9.17) is 5.73 Å². The number of benzene rings is 1. The van der Waals surface area contributed by atoms with E-state index in [1.165, 1.54) is 0 Å². The maximum atomic E-state index is 11.5. The van der Waals surface area contributed by atoms with Crippen LogP contribution in [0.3, 0.4) is 0 Å². The molecule has 18 heavy (non-hydrogen) atoms. The molecule has 1 atom stereocenters. The number of nitrogens with two attached hydrogens (primary N) is 1. The molecule has 100 valence electrons. The molecule has 0 radical (unpaired) electrons. The summed E-state index contributed by atoms with van der Waals surface area (Å²) < 4.78 is 23.1. The predicted molar refractivity (Wildman–Crippen MR) is 74.5 cm³/mol. The summed E-state index contributed by atoms with van der Waals surface area (Å²) in [5, 5.41) is 0. The highest BCUT2D eigenvalue weighted by Crippen LogP contribution is 2.20. The van der Waals surface area contributed by atoms with Gasteiger partial charge < -0.3 is 10.6 Å². The lowest BCUT2D eigenvalue weighted by Crippen LogP contribution is -2.26. The van der Waals surface area contributed by atoms with Gasteiger partial charge in [-0.2, -0.15) is 0 Å². The topological polar surface area (TPSA) is 63.4 Å². The second kappa shape index (κ2) is 5.28. The quantitative estimate of drug-likeness (QED) is 0.879. The smallest absolute Gasteiger partial charge is 0.152 e. The zero-order valence-electron chi connectivity index (χ0n) is 10.7. The molecule has 1 fully saturated rings. The van der Waals surface area contributed by atoms with E-state index in [9.17, 15) is 8.42 Å². The average molecular weight is 268 g/mol. The summed E-state index contributed by atoms with van der Waals surface area (Å²) in [6.45, 7) is 3.34. The Balaban J connectivity index is 2.12. The number of anilines is 1. The molecule has 0 aliphatic carbocycles. The third kappa shape index (κ3) is 3.23. The van der Waals surface area contributed by atoms with Gasteiger partial charge in [-0.3, -0.25) is 0 Å². The number of nitrogens with zero attached hydrogens (tertiary/aromatic N) is 1. The van der Waals surface area contributed by atoms with Gasteiger partial charge in [0.2, 0.25) is 0 Å². The Bertz CT molecular complexity index is 494. The molecule has 0 bridgehead atoms. The highest BCUT2D eigenvalue weighted by Gasteiger charge is 2.19. The lowest BCUT2D eigenvalue weighted by Gasteiger charge is -2.22. The summed E-state index contributed by atoms with van der Waals surface area (Å²) in [4.78, 5) is 2.13. The molecule has 4 nitrogen and oxygen atoms in total. The van der Waals surface area contributed by atoms with E-state index in [0.717, 1.165) is 17.8 Å². The summed E-state index contributed by atoms with van der Waals surface area (Å²) >= 11 is 0. The summed E-state index contributed by atoms with van der Waals surface area (Å²) in [5.41, 5.74) is 7.99. The molecule has 0 amide bonds. The number of rotatable bonds is 2. The maximum Gasteiger partial charge on any atom is 0.152 e. The average Bonchev–Trinajstić information content (AvgIpc) is 2.50. The third-order valence-electron chi connectivity index (χ3n) is 3.34. The molecule has 1 aliphatic rings. The molecular formula is C13H20N2O2S. The van der Waals surface area contributed by atoms with Gasteiger partial charge in [0.15, 0.2) is 9.84 Å².